The quantitative estimate of drug-likeness (QED) is 0.620. The van der Waals surface area contributed by atoms with Crippen molar-refractivity contribution in [3.63, 3.8) is 0 Å². The number of nitrogens with zero attached hydrogens (tertiary/aromatic N) is 3. The summed E-state index contributed by atoms with van der Waals surface area (Å²) in [7, 11) is 0. The number of carbonyl (C=O) groups excluding carboxylic acids is 1. The van der Waals surface area contributed by atoms with Crippen LogP contribution in [0, 0.1) is 13.8 Å². The minimum atomic E-state index is -4.47. The molecule has 174 valence electrons. The average molecular weight is 458 g/mol. The number of hydrogen-bond donors (Lipinski definition) is 1. The Morgan fingerprint density at radius 2 is 1.91 bits per heavy atom. The third-order valence-corrected chi connectivity index (χ3v) is 6.01. The lowest BCUT2D eigenvalue weighted by Crippen LogP contribution is -2.48. The van der Waals surface area contributed by atoms with E-state index in [2.05, 4.69) is 15.4 Å². The van der Waals surface area contributed by atoms with Gasteiger partial charge in [-0.3, -0.25) is 4.79 Å². The number of amides is 1. The summed E-state index contributed by atoms with van der Waals surface area (Å²) in [6.07, 6.45) is -2.19. The summed E-state index contributed by atoms with van der Waals surface area (Å²) < 4.78 is 47.0. The molecule has 1 amide bonds. The van der Waals surface area contributed by atoms with Crippen molar-refractivity contribution in [3.05, 3.63) is 76.7 Å². The van der Waals surface area contributed by atoms with E-state index in [0.717, 1.165) is 29.1 Å². The first-order valence-corrected chi connectivity index (χ1v) is 10.7. The first kappa shape index (κ1) is 23.0. The molecule has 1 aromatic carbocycles. The highest BCUT2D eigenvalue weighted by Crippen LogP contribution is 2.38. The maximum Gasteiger partial charge on any atom is 0.416 e. The number of halogens is 3. The highest BCUT2D eigenvalue weighted by atomic mass is 19.4. The molecule has 2 aromatic heterocycles. The van der Waals surface area contributed by atoms with Crippen molar-refractivity contribution < 1.29 is 22.7 Å². The summed E-state index contributed by atoms with van der Waals surface area (Å²) in [5.74, 6) is 0.355. The number of aromatic nitrogens is 3. The molecule has 3 heterocycles. The predicted molar refractivity (Wildman–Crippen MR) is 116 cm³/mol. The standard InChI is InChI=1S/C24H25F3N4O2/c1-16-12-17(2)31(30-16)21-7-6-18(14-28-21)15-29-22(32)23(8-10-33-11-9-23)19-4-3-5-20(13-19)24(25,26)27/h3-7,12-14H,8-11,15H2,1-2H3,(H,29,32). The van der Waals surface area contributed by atoms with Gasteiger partial charge in [0.25, 0.3) is 0 Å². The van der Waals surface area contributed by atoms with Crippen molar-refractivity contribution in [1.29, 1.82) is 0 Å². The molecule has 0 bridgehead atoms. The topological polar surface area (TPSA) is 69.0 Å². The van der Waals surface area contributed by atoms with Crippen LogP contribution in [0.2, 0.25) is 0 Å². The number of aryl methyl sites for hydroxylation is 2. The van der Waals surface area contributed by atoms with Crippen LogP contribution in [-0.2, 0) is 27.7 Å². The monoisotopic (exact) mass is 458 g/mol. The average Bonchev–Trinajstić information content (AvgIpc) is 3.15. The van der Waals surface area contributed by atoms with Crippen LogP contribution in [0.25, 0.3) is 5.82 Å². The van der Waals surface area contributed by atoms with Gasteiger partial charge in [0.15, 0.2) is 5.82 Å². The number of hydrogen-bond acceptors (Lipinski definition) is 4. The van der Waals surface area contributed by atoms with E-state index < -0.39 is 17.2 Å². The fraction of sp³-hybridized carbons (Fsp3) is 0.375. The number of ether oxygens (including phenoxy) is 1. The lowest BCUT2D eigenvalue weighted by atomic mass is 9.73. The van der Waals surface area contributed by atoms with E-state index in [9.17, 15) is 18.0 Å². The Kier molecular flexibility index (Phi) is 6.25. The van der Waals surface area contributed by atoms with Gasteiger partial charge in [0.05, 0.1) is 16.7 Å². The molecule has 0 aliphatic carbocycles. The van der Waals surface area contributed by atoms with Crippen molar-refractivity contribution >= 4 is 5.91 Å². The molecular weight excluding hydrogens is 433 g/mol. The lowest BCUT2D eigenvalue weighted by Gasteiger charge is -2.36. The second kappa shape index (κ2) is 8.97. The molecule has 0 saturated carbocycles. The molecule has 33 heavy (non-hydrogen) atoms. The maximum absolute atomic E-state index is 13.3. The molecule has 1 saturated heterocycles. The summed E-state index contributed by atoms with van der Waals surface area (Å²) in [6, 6.07) is 10.7. The van der Waals surface area contributed by atoms with E-state index >= 15 is 0 Å². The Hall–Kier alpha value is -3.20. The Labute approximate surface area is 189 Å². The summed E-state index contributed by atoms with van der Waals surface area (Å²) in [4.78, 5) is 17.7. The van der Waals surface area contributed by atoms with Crippen LogP contribution in [0.4, 0.5) is 13.2 Å². The van der Waals surface area contributed by atoms with Crippen molar-refractivity contribution in [1.82, 2.24) is 20.1 Å². The van der Waals surface area contributed by atoms with Crippen LogP contribution in [-0.4, -0.2) is 33.9 Å². The van der Waals surface area contributed by atoms with E-state index in [1.807, 2.05) is 32.0 Å². The molecule has 1 fully saturated rings. The first-order valence-electron chi connectivity index (χ1n) is 10.7. The Morgan fingerprint density at radius 1 is 1.15 bits per heavy atom. The molecule has 1 N–H and O–H groups in total. The van der Waals surface area contributed by atoms with Crippen molar-refractivity contribution in [3.8, 4) is 5.82 Å². The highest BCUT2D eigenvalue weighted by molar-refractivity contribution is 5.88. The van der Waals surface area contributed by atoms with Crippen LogP contribution < -0.4 is 5.32 Å². The Bertz CT molecular complexity index is 1130. The van der Waals surface area contributed by atoms with Gasteiger partial charge in [-0.05, 0) is 56.0 Å². The number of carbonyl (C=O) groups is 1. The molecule has 0 radical (unpaired) electrons. The molecule has 6 nitrogen and oxygen atoms in total. The third-order valence-electron chi connectivity index (χ3n) is 6.01. The summed E-state index contributed by atoms with van der Waals surface area (Å²) in [5, 5.41) is 7.31. The van der Waals surface area contributed by atoms with Crippen LogP contribution in [0.15, 0.2) is 48.7 Å². The summed E-state index contributed by atoms with van der Waals surface area (Å²) in [6.45, 7) is 4.68. The second-order valence-electron chi connectivity index (χ2n) is 8.32. The molecular formula is C24H25F3N4O2. The first-order chi connectivity index (χ1) is 15.7. The van der Waals surface area contributed by atoms with Gasteiger partial charge >= 0.3 is 6.18 Å². The summed E-state index contributed by atoms with van der Waals surface area (Å²) in [5.41, 5.74) is 1.15. The van der Waals surface area contributed by atoms with Crippen LogP contribution in [0.3, 0.4) is 0 Å². The van der Waals surface area contributed by atoms with E-state index in [1.54, 1.807) is 16.9 Å². The zero-order valence-electron chi connectivity index (χ0n) is 18.4. The smallest absolute Gasteiger partial charge is 0.381 e. The van der Waals surface area contributed by atoms with Gasteiger partial charge in [0.2, 0.25) is 5.91 Å². The number of nitrogens with one attached hydrogen (secondary N) is 1. The number of pyridine rings is 1. The van der Waals surface area contributed by atoms with Crippen molar-refractivity contribution in [2.24, 2.45) is 0 Å². The second-order valence-corrected chi connectivity index (χ2v) is 8.32. The van der Waals surface area contributed by atoms with Gasteiger partial charge in [-0.1, -0.05) is 24.3 Å². The van der Waals surface area contributed by atoms with Gasteiger partial charge in [-0.15, -0.1) is 0 Å². The lowest BCUT2D eigenvalue weighted by molar-refractivity contribution is -0.138. The van der Waals surface area contributed by atoms with Gasteiger partial charge in [-0.25, -0.2) is 9.67 Å². The molecule has 0 atom stereocenters. The number of alkyl halides is 3. The minimum absolute atomic E-state index is 0.213. The van der Waals surface area contributed by atoms with E-state index in [-0.39, 0.29) is 12.5 Å². The normalized spacial score (nSPS) is 15.9. The van der Waals surface area contributed by atoms with Crippen molar-refractivity contribution in [2.45, 2.75) is 44.8 Å². The molecule has 9 heteroatoms. The molecule has 0 spiro atoms. The van der Waals surface area contributed by atoms with Crippen LogP contribution in [0.5, 0.6) is 0 Å². The highest BCUT2D eigenvalue weighted by Gasteiger charge is 2.43. The number of rotatable bonds is 5. The molecule has 1 aliphatic rings. The van der Waals surface area contributed by atoms with Gasteiger partial charge < -0.3 is 10.1 Å². The van der Waals surface area contributed by atoms with Gasteiger partial charge in [0.1, 0.15) is 0 Å². The maximum atomic E-state index is 13.3. The Balaban J connectivity index is 1.52. The SMILES string of the molecule is Cc1cc(C)n(-c2ccc(CNC(=O)C3(c4cccc(C(F)(F)F)c4)CCOCC3)cn2)n1. The van der Waals surface area contributed by atoms with Crippen LogP contribution >= 0.6 is 0 Å². The van der Waals surface area contributed by atoms with E-state index in [1.165, 1.54) is 6.07 Å². The fourth-order valence-corrected chi connectivity index (χ4v) is 4.22. The summed E-state index contributed by atoms with van der Waals surface area (Å²) >= 11 is 0. The third kappa shape index (κ3) is 4.78. The van der Waals surface area contributed by atoms with E-state index in [4.69, 9.17) is 4.74 Å². The van der Waals surface area contributed by atoms with Crippen LogP contribution in [0.1, 0.15) is 40.9 Å². The van der Waals surface area contributed by atoms with Crippen molar-refractivity contribution in [2.75, 3.05) is 13.2 Å². The zero-order valence-corrected chi connectivity index (χ0v) is 18.4. The van der Waals surface area contributed by atoms with Gasteiger partial charge in [-0.2, -0.15) is 18.3 Å². The largest absolute Gasteiger partial charge is 0.416 e. The van der Waals surface area contributed by atoms with Gasteiger partial charge in [0, 0.05) is 31.6 Å². The Morgan fingerprint density at radius 3 is 2.52 bits per heavy atom. The predicted octanol–water partition coefficient (Wildman–Crippen LogP) is 4.27. The number of benzene rings is 1. The molecule has 3 aromatic rings. The fourth-order valence-electron chi connectivity index (χ4n) is 4.22. The minimum Gasteiger partial charge on any atom is -0.381 e. The molecule has 4 rings (SSSR count). The zero-order chi connectivity index (χ0) is 23.6. The molecule has 1 aliphatic heterocycles. The van der Waals surface area contributed by atoms with E-state index in [0.29, 0.717) is 37.4 Å². The molecule has 0 unspecified atom stereocenters.